The monoisotopic (exact) mass is 244 g/mol. The second-order valence-electron chi connectivity index (χ2n) is 3.87. The highest BCUT2D eigenvalue weighted by Gasteiger charge is 1.98. The largest absolute Gasteiger partial charge is 0.382 e. The third-order valence-electron chi connectivity index (χ3n) is 2.55. The predicted molar refractivity (Wildman–Crippen MR) is 69.0 cm³/mol. The Hall–Kier alpha value is -1.78. The van der Waals surface area contributed by atoms with Gasteiger partial charge in [0.15, 0.2) is 0 Å². The molecular weight excluding hydrogens is 228 g/mol. The van der Waals surface area contributed by atoms with E-state index in [4.69, 9.17) is 9.47 Å². The van der Waals surface area contributed by atoms with Gasteiger partial charge in [0.2, 0.25) is 0 Å². The van der Waals surface area contributed by atoms with Crippen LogP contribution in [0.2, 0.25) is 0 Å². The molecule has 0 aliphatic carbocycles. The van der Waals surface area contributed by atoms with Crippen LogP contribution in [0.15, 0.2) is 43.0 Å². The number of benzene rings is 1. The lowest BCUT2D eigenvalue weighted by atomic mass is 10.1. The molecular formula is C14H16N2O2. The summed E-state index contributed by atoms with van der Waals surface area (Å²) in [7, 11) is 1.67. The van der Waals surface area contributed by atoms with E-state index in [2.05, 4.69) is 22.1 Å². The molecule has 4 nitrogen and oxygen atoms in total. The molecule has 0 amide bonds. The molecule has 0 fully saturated rings. The Morgan fingerprint density at radius 2 is 1.67 bits per heavy atom. The van der Waals surface area contributed by atoms with Gasteiger partial charge in [-0.25, -0.2) is 9.97 Å². The molecule has 1 aromatic heterocycles. The van der Waals surface area contributed by atoms with Gasteiger partial charge in [0, 0.05) is 25.1 Å². The Labute approximate surface area is 107 Å². The summed E-state index contributed by atoms with van der Waals surface area (Å²) < 4.78 is 10.4. The highest BCUT2D eigenvalue weighted by atomic mass is 16.5. The fraction of sp³-hybridized carbons (Fsp3) is 0.286. The van der Waals surface area contributed by atoms with E-state index >= 15 is 0 Å². The Bertz CT molecular complexity index is 457. The molecule has 0 atom stereocenters. The zero-order valence-electron chi connectivity index (χ0n) is 10.4. The van der Waals surface area contributed by atoms with Crippen molar-refractivity contribution >= 4 is 0 Å². The first-order valence-corrected chi connectivity index (χ1v) is 5.81. The number of nitrogens with zero attached hydrogens (tertiary/aromatic N) is 2. The van der Waals surface area contributed by atoms with E-state index in [-0.39, 0.29) is 0 Å². The van der Waals surface area contributed by atoms with Crippen molar-refractivity contribution in [2.75, 3.05) is 20.3 Å². The summed E-state index contributed by atoms with van der Waals surface area (Å²) in [6.07, 6.45) is 5.13. The maximum atomic E-state index is 5.46. The minimum Gasteiger partial charge on any atom is -0.382 e. The van der Waals surface area contributed by atoms with Gasteiger partial charge in [-0.3, -0.25) is 0 Å². The lowest BCUT2D eigenvalue weighted by Gasteiger charge is -2.05. The first kappa shape index (κ1) is 12.7. The maximum absolute atomic E-state index is 5.46. The van der Waals surface area contributed by atoms with Crippen LogP contribution in [0, 0.1) is 0 Å². The first-order valence-electron chi connectivity index (χ1n) is 5.81. The predicted octanol–water partition coefficient (Wildman–Crippen LogP) is 2.31. The van der Waals surface area contributed by atoms with Crippen molar-refractivity contribution in [1.82, 2.24) is 9.97 Å². The fourth-order valence-corrected chi connectivity index (χ4v) is 1.57. The van der Waals surface area contributed by atoms with Crippen LogP contribution < -0.4 is 0 Å². The second-order valence-corrected chi connectivity index (χ2v) is 3.87. The molecule has 2 aromatic rings. The topological polar surface area (TPSA) is 44.2 Å². The summed E-state index contributed by atoms with van der Waals surface area (Å²) in [5.74, 6) is 0. The summed E-state index contributed by atoms with van der Waals surface area (Å²) in [5, 5.41) is 0. The SMILES string of the molecule is COCCOCc1ccc(-c2cncnc2)cc1. The van der Waals surface area contributed by atoms with Crippen molar-refractivity contribution in [3.05, 3.63) is 48.5 Å². The minimum absolute atomic E-state index is 0.606. The molecule has 0 aliphatic rings. The summed E-state index contributed by atoms with van der Waals surface area (Å²) in [4.78, 5) is 8.01. The van der Waals surface area contributed by atoms with Gasteiger partial charge in [-0.2, -0.15) is 0 Å². The zero-order chi connectivity index (χ0) is 12.6. The van der Waals surface area contributed by atoms with Crippen LogP contribution in [0.3, 0.4) is 0 Å². The number of aromatic nitrogens is 2. The Balaban J connectivity index is 1.94. The van der Waals surface area contributed by atoms with Crippen molar-refractivity contribution in [1.29, 1.82) is 0 Å². The van der Waals surface area contributed by atoms with Gasteiger partial charge in [0.05, 0.1) is 19.8 Å². The summed E-state index contributed by atoms with van der Waals surface area (Å²) in [6.45, 7) is 1.85. The van der Waals surface area contributed by atoms with Gasteiger partial charge in [0.25, 0.3) is 0 Å². The van der Waals surface area contributed by atoms with Gasteiger partial charge in [0.1, 0.15) is 6.33 Å². The third kappa shape index (κ3) is 3.61. The van der Waals surface area contributed by atoms with E-state index in [0.717, 1.165) is 16.7 Å². The van der Waals surface area contributed by atoms with E-state index < -0.39 is 0 Å². The highest BCUT2D eigenvalue weighted by molar-refractivity contribution is 5.61. The zero-order valence-corrected chi connectivity index (χ0v) is 10.4. The van der Waals surface area contributed by atoms with Gasteiger partial charge in [-0.1, -0.05) is 24.3 Å². The van der Waals surface area contributed by atoms with Crippen molar-refractivity contribution in [2.24, 2.45) is 0 Å². The van der Waals surface area contributed by atoms with Crippen molar-refractivity contribution in [3.8, 4) is 11.1 Å². The smallest absolute Gasteiger partial charge is 0.115 e. The normalized spacial score (nSPS) is 10.5. The van der Waals surface area contributed by atoms with Crippen LogP contribution in [-0.2, 0) is 16.1 Å². The molecule has 0 N–H and O–H groups in total. The molecule has 0 aliphatic heterocycles. The van der Waals surface area contributed by atoms with Crippen LogP contribution in [0.25, 0.3) is 11.1 Å². The van der Waals surface area contributed by atoms with E-state index in [0.29, 0.717) is 19.8 Å². The van der Waals surface area contributed by atoms with Crippen molar-refractivity contribution in [3.63, 3.8) is 0 Å². The molecule has 0 saturated heterocycles. The van der Waals surface area contributed by atoms with Crippen molar-refractivity contribution in [2.45, 2.75) is 6.61 Å². The van der Waals surface area contributed by atoms with Crippen molar-refractivity contribution < 1.29 is 9.47 Å². The van der Waals surface area contributed by atoms with Crippen LogP contribution in [0.4, 0.5) is 0 Å². The Kier molecular flexibility index (Phi) is 4.81. The van der Waals surface area contributed by atoms with E-state index in [9.17, 15) is 0 Å². The second kappa shape index (κ2) is 6.83. The summed E-state index contributed by atoms with van der Waals surface area (Å²) in [6, 6.07) is 8.20. The van der Waals surface area contributed by atoms with E-state index in [1.54, 1.807) is 19.5 Å². The minimum atomic E-state index is 0.606. The number of rotatable bonds is 6. The van der Waals surface area contributed by atoms with Gasteiger partial charge in [-0.05, 0) is 11.1 Å². The highest BCUT2D eigenvalue weighted by Crippen LogP contribution is 2.17. The average Bonchev–Trinajstić information content (AvgIpc) is 2.45. The quantitative estimate of drug-likeness (QED) is 0.731. The number of ether oxygens (including phenoxy) is 2. The van der Waals surface area contributed by atoms with E-state index in [1.807, 2.05) is 12.1 Å². The average molecular weight is 244 g/mol. The molecule has 0 saturated carbocycles. The third-order valence-corrected chi connectivity index (χ3v) is 2.55. The molecule has 1 heterocycles. The molecule has 0 unspecified atom stereocenters. The summed E-state index contributed by atoms with van der Waals surface area (Å²) in [5.41, 5.74) is 3.27. The fourth-order valence-electron chi connectivity index (χ4n) is 1.57. The van der Waals surface area contributed by atoms with E-state index in [1.165, 1.54) is 6.33 Å². The number of hydrogen-bond donors (Lipinski definition) is 0. The van der Waals surface area contributed by atoms with Crippen LogP contribution in [0.1, 0.15) is 5.56 Å². The van der Waals surface area contributed by atoms with Crippen LogP contribution in [-0.4, -0.2) is 30.3 Å². The maximum Gasteiger partial charge on any atom is 0.115 e. The molecule has 18 heavy (non-hydrogen) atoms. The molecule has 4 heteroatoms. The molecule has 0 spiro atoms. The molecule has 94 valence electrons. The Morgan fingerprint density at radius 3 is 2.33 bits per heavy atom. The number of methoxy groups -OCH3 is 1. The van der Waals surface area contributed by atoms with Gasteiger partial charge in [-0.15, -0.1) is 0 Å². The van der Waals surface area contributed by atoms with Crippen LogP contribution in [0.5, 0.6) is 0 Å². The molecule has 0 bridgehead atoms. The molecule has 2 rings (SSSR count). The van der Waals surface area contributed by atoms with Crippen LogP contribution >= 0.6 is 0 Å². The molecule has 0 radical (unpaired) electrons. The number of hydrogen-bond acceptors (Lipinski definition) is 4. The Morgan fingerprint density at radius 1 is 0.944 bits per heavy atom. The first-order chi connectivity index (χ1) is 8.90. The van der Waals surface area contributed by atoms with Gasteiger partial charge < -0.3 is 9.47 Å². The summed E-state index contributed by atoms with van der Waals surface area (Å²) >= 11 is 0. The lowest BCUT2D eigenvalue weighted by Crippen LogP contribution is -2.01. The lowest BCUT2D eigenvalue weighted by molar-refractivity contribution is 0.0617. The standard InChI is InChI=1S/C14H16N2O2/c1-17-6-7-18-10-12-2-4-13(5-3-12)14-8-15-11-16-9-14/h2-5,8-9,11H,6-7,10H2,1H3. The molecule has 1 aromatic carbocycles. The van der Waals surface area contributed by atoms with Gasteiger partial charge >= 0.3 is 0 Å².